The van der Waals surface area contributed by atoms with E-state index in [0.29, 0.717) is 0 Å². The van der Waals surface area contributed by atoms with Crippen molar-refractivity contribution in [3.8, 4) is 0 Å². The fourth-order valence-electron chi connectivity index (χ4n) is 22.6. The Morgan fingerprint density at radius 2 is 0.270 bits per heavy atom. The molecular formula is C93H177CrSi6. The molecule has 0 N–H and O–H groups in total. The maximum absolute atomic E-state index is 3.18. The summed E-state index contributed by atoms with van der Waals surface area (Å²) in [6.45, 7) is 48.8. The Kier molecular flexibility index (Phi) is 48.5. The number of rotatable bonds is 66. The van der Waals surface area contributed by atoms with Gasteiger partial charge in [0.2, 0.25) is 0 Å². The zero-order valence-corrected chi connectivity index (χ0v) is 78.5. The molecule has 0 aliphatic carbocycles. The van der Waals surface area contributed by atoms with Crippen molar-refractivity contribution < 1.29 is 14.1 Å². The second-order valence-electron chi connectivity index (χ2n) is 34.0. The summed E-state index contributed by atoms with van der Waals surface area (Å²) < 4.78 is 0.719. The Morgan fingerprint density at radius 1 is 0.170 bits per heavy atom. The van der Waals surface area contributed by atoms with E-state index in [-0.39, 0.29) is 10.6 Å². The number of hydrogen-bond donors (Lipinski definition) is 0. The van der Waals surface area contributed by atoms with E-state index in [9.17, 15) is 0 Å². The molecule has 100 heavy (non-hydrogen) atoms. The minimum atomic E-state index is -2.70. The number of benzene rings is 3. The first-order valence-corrected chi connectivity index (χ1v) is 63.3. The first-order chi connectivity index (χ1) is 48.8. The van der Waals surface area contributed by atoms with Gasteiger partial charge < -0.3 is 0 Å². The molecule has 0 saturated carbocycles. The van der Waals surface area contributed by atoms with Gasteiger partial charge in [-0.3, -0.25) is 0 Å². The third-order valence-electron chi connectivity index (χ3n) is 27.1. The normalized spacial score (nSPS) is 13.3. The van der Waals surface area contributed by atoms with Crippen LogP contribution in [-0.2, 0) is 24.7 Å². The second kappa shape index (κ2) is 51.8. The molecular weight excluding hydrogens is 1340 g/mol. The summed E-state index contributed by atoms with van der Waals surface area (Å²) in [6.07, 6.45) is 50.8. The summed E-state index contributed by atoms with van der Waals surface area (Å²) in [7, 11) is -16.2. The van der Waals surface area contributed by atoms with Gasteiger partial charge in [-0.1, -0.05) is 0 Å². The van der Waals surface area contributed by atoms with Gasteiger partial charge in [-0.25, -0.2) is 0 Å². The Labute approximate surface area is 640 Å². The summed E-state index contributed by atoms with van der Waals surface area (Å²) in [6, 6.07) is 72.7. The molecule has 0 atom stereocenters. The van der Waals surface area contributed by atoms with Crippen LogP contribution in [0.3, 0.4) is 0 Å². The van der Waals surface area contributed by atoms with Crippen molar-refractivity contribution in [2.45, 2.75) is 475 Å². The van der Waals surface area contributed by atoms with Crippen LogP contribution in [0.5, 0.6) is 0 Å². The Bertz CT molecular complexity index is 1920. The zero-order chi connectivity index (χ0) is 73.6. The Hall–Kier alpha value is -0.506. The van der Waals surface area contributed by atoms with Gasteiger partial charge >= 0.3 is 645 Å². The third-order valence-corrected chi connectivity index (χ3v) is 92.1. The predicted octanol–water partition coefficient (Wildman–Crippen LogP) is 33.6. The molecule has 0 amide bonds. The molecule has 3 rings (SSSR count). The molecule has 3 aromatic rings. The SMILES string of the molecule is CCCC[Si](CCCC)(CCCC)[C](c1ccccc1)([Cr]([C](c1ccccc1)([Si](CCCC)(CCCC)CCCC)[Si](CCCC)(CCCC)CCCC)[C](c1ccccc1)([Si](CCCC)(CCCC)CCCC)[Si](CCCC)(CCCC)CCCC)[Si](CCCC)(CCCC)CCCC. The molecule has 0 unspecified atom stereocenters. The Balaban J connectivity index is 4.18. The molecule has 0 aliphatic rings. The molecule has 0 heterocycles. The summed E-state index contributed by atoms with van der Waals surface area (Å²) in [5.41, 5.74) is 6.36. The van der Waals surface area contributed by atoms with Crippen molar-refractivity contribution >= 4 is 48.4 Å². The van der Waals surface area contributed by atoms with Crippen molar-refractivity contribution in [1.29, 1.82) is 0 Å². The first kappa shape index (κ1) is 93.7. The fourth-order valence-corrected chi connectivity index (χ4v) is 117. The average molecular weight is 1520 g/mol. The number of unbranched alkanes of at least 4 members (excludes halogenated alkanes) is 18. The van der Waals surface area contributed by atoms with Gasteiger partial charge in [0.05, 0.1) is 0 Å². The summed E-state index contributed by atoms with van der Waals surface area (Å²) >= 11 is -2.47. The monoisotopic (exact) mass is 1510 g/mol. The van der Waals surface area contributed by atoms with E-state index in [4.69, 9.17) is 0 Å². The predicted molar refractivity (Wildman–Crippen MR) is 474 cm³/mol. The van der Waals surface area contributed by atoms with E-state index < -0.39 is 62.6 Å². The van der Waals surface area contributed by atoms with Crippen LogP contribution in [0.25, 0.3) is 0 Å². The van der Waals surface area contributed by atoms with Gasteiger partial charge in [0.1, 0.15) is 0 Å². The zero-order valence-electron chi connectivity index (χ0n) is 71.3. The molecule has 0 bridgehead atoms. The van der Waals surface area contributed by atoms with E-state index in [1.165, 1.54) is 231 Å². The molecule has 0 aliphatic heterocycles. The van der Waals surface area contributed by atoms with Gasteiger partial charge in [0, 0.05) is 0 Å². The summed E-state index contributed by atoms with van der Waals surface area (Å²) in [5.74, 6) is 0. The van der Waals surface area contributed by atoms with E-state index in [2.05, 4.69) is 232 Å². The van der Waals surface area contributed by atoms with Crippen LogP contribution in [-0.4, -0.2) is 48.4 Å². The van der Waals surface area contributed by atoms with E-state index in [1.807, 2.05) is 0 Å². The van der Waals surface area contributed by atoms with Crippen molar-refractivity contribution in [2.24, 2.45) is 0 Å². The van der Waals surface area contributed by atoms with Crippen LogP contribution in [0.2, 0.25) is 109 Å². The first-order valence-electron chi connectivity index (χ1n) is 45.7. The second-order valence-corrected chi connectivity index (χ2v) is 71.7. The summed E-state index contributed by atoms with van der Waals surface area (Å²) in [4.78, 5) is 0. The summed E-state index contributed by atoms with van der Waals surface area (Å²) in [5, 5.41) is 0. The molecule has 579 valence electrons. The van der Waals surface area contributed by atoms with Crippen molar-refractivity contribution in [1.82, 2.24) is 0 Å². The maximum atomic E-state index is 3.18. The van der Waals surface area contributed by atoms with Crippen LogP contribution < -0.4 is 0 Å². The minimum absolute atomic E-state index is 0.240. The Morgan fingerprint density at radius 3 is 0.360 bits per heavy atom. The molecule has 0 nitrogen and oxygen atoms in total. The van der Waals surface area contributed by atoms with Crippen LogP contribution in [0.1, 0.15) is 372 Å². The molecule has 7 heteroatoms. The molecule has 3 aromatic carbocycles. The van der Waals surface area contributed by atoms with Crippen molar-refractivity contribution in [2.75, 3.05) is 0 Å². The quantitative estimate of drug-likeness (QED) is 0.0494. The standard InChI is InChI=1S/3C31H59Si2.Cr/c3*1-7-13-24-32(25-14-8-2,26-15-9-3)31(30-22-20-19-21-23-30)33(27-16-10-4,28-17-11-5)29-18-12-6;/h3*19-23H,7-18,24-29H2,1-6H3;. The average Bonchev–Trinajstić information content (AvgIpc) is 0.634. The van der Waals surface area contributed by atoms with Gasteiger partial charge in [-0.05, 0) is 0 Å². The van der Waals surface area contributed by atoms with Crippen LogP contribution in [0.4, 0.5) is 0 Å². The number of hydrogen-bond acceptors (Lipinski definition) is 0. The van der Waals surface area contributed by atoms with Crippen LogP contribution in [0, 0.1) is 0 Å². The van der Waals surface area contributed by atoms with Crippen molar-refractivity contribution in [3.63, 3.8) is 0 Å². The van der Waals surface area contributed by atoms with E-state index >= 15 is 0 Å². The van der Waals surface area contributed by atoms with Gasteiger partial charge in [0.15, 0.2) is 0 Å². The van der Waals surface area contributed by atoms with Crippen molar-refractivity contribution in [3.05, 3.63) is 108 Å². The fraction of sp³-hybridized carbons (Fsp3) is 0.806. The van der Waals surface area contributed by atoms with Gasteiger partial charge in [-0.15, -0.1) is 0 Å². The van der Waals surface area contributed by atoms with Gasteiger partial charge in [0.25, 0.3) is 0 Å². The topological polar surface area (TPSA) is 0 Å². The van der Waals surface area contributed by atoms with Gasteiger partial charge in [-0.2, -0.15) is 0 Å². The molecule has 0 aromatic heterocycles. The van der Waals surface area contributed by atoms with Crippen LogP contribution >= 0.6 is 0 Å². The van der Waals surface area contributed by atoms with E-state index in [0.717, 1.165) is 0 Å². The van der Waals surface area contributed by atoms with Crippen LogP contribution in [0.15, 0.2) is 91.0 Å². The molecule has 0 radical (unpaired) electrons. The molecule has 0 spiro atoms. The van der Waals surface area contributed by atoms with E-state index in [1.54, 1.807) is 109 Å². The molecule has 0 saturated heterocycles. The molecule has 0 fully saturated rings. The third kappa shape index (κ3) is 21.9.